The van der Waals surface area contributed by atoms with Crippen LogP contribution in [0.1, 0.15) is 13.3 Å². The highest BCUT2D eigenvalue weighted by molar-refractivity contribution is 5.96. The molecule has 2 fully saturated rings. The maximum atomic E-state index is 11.5. The molecule has 0 aromatic rings. The van der Waals surface area contributed by atoms with Crippen molar-refractivity contribution in [3.63, 3.8) is 0 Å². The van der Waals surface area contributed by atoms with Crippen LogP contribution in [0.25, 0.3) is 0 Å². The van der Waals surface area contributed by atoms with Crippen LogP contribution < -0.4 is 5.32 Å². The lowest BCUT2D eigenvalue weighted by Crippen LogP contribution is -2.56. The number of urea groups is 1. The normalized spacial score (nSPS) is 40.1. The van der Waals surface area contributed by atoms with Gasteiger partial charge in [0.25, 0.3) is 0 Å². The summed E-state index contributed by atoms with van der Waals surface area (Å²) in [5.74, 6) is -0.345. The zero-order valence-electron chi connectivity index (χ0n) is 8.79. The number of amides is 3. The monoisotopic (exact) mass is 230 g/mol. The summed E-state index contributed by atoms with van der Waals surface area (Å²) in [6, 6.07) is -0.596. The molecule has 16 heavy (non-hydrogen) atoms. The minimum Gasteiger partial charge on any atom is -0.388 e. The average molecular weight is 230 g/mol. The predicted molar refractivity (Wildman–Crippen MR) is 51.2 cm³/mol. The van der Waals surface area contributed by atoms with Crippen LogP contribution in [0.5, 0.6) is 0 Å². The van der Waals surface area contributed by atoms with E-state index in [-0.39, 0.29) is 18.9 Å². The van der Waals surface area contributed by atoms with Gasteiger partial charge in [-0.15, -0.1) is 0 Å². The van der Waals surface area contributed by atoms with E-state index < -0.39 is 30.6 Å². The van der Waals surface area contributed by atoms with Crippen molar-refractivity contribution in [2.24, 2.45) is 0 Å². The summed E-state index contributed by atoms with van der Waals surface area (Å²) < 4.78 is 5.28. The predicted octanol–water partition coefficient (Wildman–Crippen LogP) is -1.61. The van der Waals surface area contributed by atoms with Gasteiger partial charge in [-0.05, 0) is 6.92 Å². The van der Waals surface area contributed by atoms with Crippen LogP contribution in [-0.4, -0.2) is 58.1 Å². The Morgan fingerprint density at radius 2 is 2.06 bits per heavy atom. The van der Waals surface area contributed by atoms with Crippen molar-refractivity contribution >= 4 is 11.9 Å². The van der Waals surface area contributed by atoms with Gasteiger partial charge in [-0.25, -0.2) is 4.79 Å². The molecule has 2 saturated heterocycles. The molecule has 90 valence electrons. The Morgan fingerprint density at radius 1 is 1.38 bits per heavy atom. The Balaban J connectivity index is 2.08. The van der Waals surface area contributed by atoms with Crippen molar-refractivity contribution < 1.29 is 24.5 Å². The molecule has 0 radical (unpaired) electrons. The van der Waals surface area contributed by atoms with Crippen LogP contribution in [0.4, 0.5) is 4.79 Å². The second-order valence-electron chi connectivity index (χ2n) is 4.01. The molecule has 0 saturated carbocycles. The lowest BCUT2D eigenvalue weighted by molar-refractivity contribution is -0.124. The Morgan fingerprint density at radius 3 is 2.56 bits per heavy atom. The van der Waals surface area contributed by atoms with Crippen LogP contribution in [0.15, 0.2) is 0 Å². The number of hydrogen-bond donors (Lipinski definition) is 3. The largest absolute Gasteiger partial charge is 0.388 e. The molecule has 0 bridgehead atoms. The minimum atomic E-state index is -1.14. The van der Waals surface area contributed by atoms with Gasteiger partial charge in [0, 0.05) is 13.0 Å². The van der Waals surface area contributed by atoms with Gasteiger partial charge in [-0.2, -0.15) is 0 Å². The van der Waals surface area contributed by atoms with Gasteiger partial charge in [0.1, 0.15) is 12.2 Å². The van der Waals surface area contributed by atoms with Gasteiger partial charge in [-0.1, -0.05) is 0 Å². The topological polar surface area (TPSA) is 99.1 Å². The van der Waals surface area contributed by atoms with E-state index in [0.717, 1.165) is 0 Å². The molecule has 0 spiro atoms. The maximum Gasteiger partial charge on any atom is 0.326 e. The third kappa shape index (κ3) is 1.77. The smallest absolute Gasteiger partial charge is 0.326 e. The fourth-order valence-corrected chi connectivity index (χ4v) is 1.91. The molecule has 3 N–H and O–H groups in total. The molecule has 2 aliphatic rings. The van der Waals surface area contributed by atoms with Crippen molar-refractivity contribution in [2.75, 3.05) is 6.54 Å². The van der Waals surface area contributed by atoms with Crippen LogP contribution in [0, 0.1) is 0 Å². The van der Waals surface area contributed by atoms with Gasteiger partial charge in [0.2, 0.25) is 5.91 Å². The number of nitrogens with one attached hydrogen (secondary N) is 1. The van der Waals surface area contributed by atoms with Crippen LogP contribution in [0.3, 0.4) is 0 Å². The molecule has 3 amide bonds. The number of aliphatic hydroxyl groups is 2. The number of carbonyl (C=O) groups excluding carboxylic acids is 2. The first-order valence-electron chi connectivity index (χ1n) is 5.12. The Labute approximate surface area is 92.0 Å². The first-order chi connectivity index (χ1) is 7.50. The summed E-state index contributed by atoms with van der Waals surface area (Å²) in [4.78, 5) is 23.6. The van der Waals surface area contributed by atoms with E-state index in [9.17, 15) is 19.8 Å². The van der Waals surface area contributed by atoms with E-state index in [0.29, 0.717) is 0 Å². The number of nitrogens with zero attached hydrogens (tertiary/aromatic N) is 1. The molecule has 2 heterocycles. The van der Waals surface area contributed by atoms with Gasteiger partial charge in [0.05, 0.1) is 6.10 Å². The third-order valence-electron chi connectivity index (χ3n) is 2.87. The molecule has 0 aromatic heterocycles. The van der Waals surface area contributed by atoms with Gasteiger partial charge < -0.3 is 14.9 Å². The quantitative estimate of drug-likeness (QED) is 0.503. The molecule has 1 unspecified atom stereocenters. The van der Waals surface area contributed by atoms with E-state index >= 15 is 0 Å². The van der Waals surface area contributed by atoms with Gasteiger partial charge >= 0.3 is 6.03 Å². The molecule has 0 aromatic carbocycles. The van der Waals surface area contributed by atoms with Crippen LogP contribution in [-0.2, 0) is 9.53 Å². The third-order valence-corrected chi connectivity index (χ3v) is 2.87. The zero-order valence-corrected chi connectivity index (χ0v) is 8.79. The number of imide groups is 1. The lowest BCUT2D eigenvalue weighted by Gasteiger charge is -2.32. The summed E-state index contributed by atoms with van der Waals surface area (Å²) in [5, 5.41) is 21.3. The van der Waals surface area contributed by atoms with Crippen molar-refractivity contribution in [2.45, 2.75) is 37.9 Å². The SMILES string of the molecule is C[C@H]1O[C@@H](N2CCC(=O)NC2=O)[C@H](O)C1O. The Kier molecular flexibility index (Phi) is 2.83. The number of carbonyl (C=O) groups is 2. The summed E-state index contributed by atoms with van der Waals surface area (Å²) in [7, 11) is 0. The summed E-state index contributed by atoms with van der Waals surface area (Å²) in [5.41, 5.74) is 0. The number of ether oxygens (including phenoxy) is 1. The Hall–Kier alpha value is -1.18. The molecule has 7 nitrogen and oxygen atoms in total. The molecular formula is C9H14N2O5. The van der Waals surface area contributed by atoms with Gasteiger partial charge in [0.15, 0.2) is 6.23 Å². The molecule has 0 aliphatic carbocycles. The molecule has 2 rings (SSSR count). The minimum absolute atomic E-state index is 0.169. The summed E-state index contributed by atoms with van der Waals surface area (Å²) >= 11 is 0. The summed E-state index contributed by atoms with van der Waals surface area (Å²) in [6.07, 6.45) is -3.42. The van der Waals surface area contributed by atoms with Gasteiger partial charge in [-0.3, -0.25) is 15.0 Å². The van der Waals surface area contributed by atoms with E-state index in [2.05, 4.69) is 5.32 Å². The maximum absolute atomic E-state index is 11.5. The van der Waals surface area contributed by atoms with E-state index in [1.807, 2.05) is 0 Å². The average Bonchev–Trinajstić information content (AvgIpc) is 2.46. The highest BCUT2D eigenvalue weighted by Gasteiger charge is 2.45. The lowest BCUT2D eigenvalue weighted by atomic mass is 10.1. The number of rotatable bonds is 1. The van der Waals surface area contributed by atoms with E-state index in [1.54, 1.807) is 6.92 Å². The highest BCUT2D eigenvalue weighted by Crippen LogP contribution is 2.24. The zero-order chi connectivity index (χ0) is 11.9. The Bertz CT molecular complexity index is 321. The fraction of sp³-hybridized carbons (Fsp3) is 0.778. The van der Waals surface area contributed by atoms with Crippen molar-refractivity contribution in [1.82, 2.24) is 10.2 Å². The molecule has 2 aliphatic heterocycles. The van der Waals surface area contributed by atoms with Crippen molar-refractivity contribution in [3.05, 3.63) is 0 Å². The number of aliphatic hydroxyl groups excluding tert-OH is 2. The molecule has 7 heteroatoms. The molecular weight excluding hydrogens is 216 g/mol. The second kappa shape index (κ2) is 4.00. The fourth-order valence-electron chi connectivity index (χ4n) is 1.91. The number of hydrogen-bond acceptors (Lipinski definition) is 5. The first kappa shape index (κ1) is 11.3. The summed E-state index contributed by atoms with van der Waals surface area (Å²) in [6.45, 7) is 1.80. The highest BCUT2D eigenvalue weighted by atomic mass is 16.6. The van der Waals surface area contributed by atoms with Crippen LogP contribution in [0.2, 0.25) is 0 Å². The second-order valence-corrected chi connectivity index (χ2v) is 4.01. The van der Waals surface area contributed by atoms with Crippen molar-refractivity contribution in [3.8, 4) is 0 Å². The van der Waals surface area contributed by atoms with Crippen LogP contribution >= 0.6 is 0 Å². The standard InChI is InChI=1S/C9H14N2O5/c1-4-6(13)7(14)8(16-4)11-3-2-5(12)10-9(11)15/h4,6-8,13-14H,2-3H2,1H3,(H,10,12,15)/t4-,6?,7-,8-/m1/s1. The van der Waals surface area contributed by atoms with E-state index in [4.69, 9.17) is 4.74 Å². The first-order valence-corrected chi connectivity index (χ1v) is 5.12. The molecule has 4 atom stereocenters. The van der Waals surface area contributed by atoms with E-state index in [1.165, 1.54) is 4.90 Å². The van der Waals surface area contributed by atoms with Crippen molar-refractivity contribution in [1.29, 1.82) is 0 Å².